The van der Waals surface area contributed by atoms with Crippen molar-refractivity contribution in [2.45, 2.75) is 18.9 Å². The van der Waals surface area contributed by atoms with E-state index >= 15 is 0 Å². The Morgan fingerprint density at radius 2 is 1.52 bits per heavy atom. The summed E-state index contributed by atoms with van der Waals surface area (Å²) in [4.78, 5) is 41.1. The SMILES string of the molecule is CCOCCC1(Oc2ccc(Oc3ccc(-c4nc(-c5cccc(F)c5)no4)cc3)cc2)C(=O)NC(=O)NC1=O. The fraction of sp³-hybridized carbons (Fsp3) is 0.179. The van der Waals surface area contributed by atoms with E-state index in [0.717, 1.165) is 0 Å². The van der Waals surface area contributed by atoms with Gasteiger partial charge in [-0.25, -0.2) is 9.18 Å². The Kier molecular flexibility index (Phi) is 7.51. The molecular formula is C28H23FN4O7. The van der Waals surface area contributed by atoms with Crippen LogP contribution in [0.2, 0.25) is 0 Å². The van der Waals surface area contributed by atoms with Gasteiger partial charge in [0, 0.05) is 24.2 Å². The maximum Gasteiger partial charge on any atom is 0.328 e. The molecule has 4 amide bonds. The van der Waals surface area contributed by atoms with E-state index in [-0.39, 0.29) is 30.5 Å². The van der Waals surface area contributed by atoms with Crippen molar-refractivity contribution in [3.63, 3.8) is 0 Å². The third kappa shape index (κ3) is 5.66. The summed E-state index contributed by atoms with van der Waals surface area (Å²) in [6.45, 7) is 2.23. The van der Waals surface area contributed by atoms with Gasteiger partial charge < -0.3 is 18.7 Å². The van der Waals surface area contributed by atoms with Crippen LogP contribution in [-0.4, -0.2) is 46.8 Å². The summed E-state index contributed by atoms with van der Waals surface area (Å²) >= 11 is 0. The first-order valence-electron chi connectivity index (χ1n) is 12.3. The van der Waals surface area contributed by atoms with E-state index in [9.17, 15) is 18.8 Å². The van der Waals surface area contributed by atoms with E-state index in [1.807, 2.05) is 0 Å². The van der Waals surface area contributed by atoms with E-state index in [2.05, 4.69) is 20.8 Å². The Hall–Kier alpha value is -5.10. The molecule has 204 valence electrons. The highest BCUT2D eigenvalue weighted by Gasteiger charge is 2.52. The van der Waals surface area contributed by atoms with Crippen LogP contribution in [0.15, 0.2) is 77.3 Å². The summed E-state index contributed by atoms with van der Waals surface area (Å²) in [5.41, 5.74) is -0.822. The van der Waals surface area contributed by atoms with Gasteiger partial charge in [0.1, 0.15) is 23.1 Å². The molecular weight excluding hydrogens is 523 g/mol. The second-order valence-electron chi connectivity index (χ2n) is 8.64. The quantitative estimate of drug-likeness (QED) is 0.221. The van der Waals surface area contributed by atoms with Crippen LogP contribution in [0.4, 0.5) is 9.18 Å². The van der Waals surface area contributed by atoms with Gasteiger partial charge in [0.15, 0.2) is 0 Å². The molecule has 0 bridgehead atoms. The molecule has 1 aliphatic heterocycles. The Balaban J connectivity index is 1.25. The Bertz CT molecular complexity index is 1520. The number of carbonyl (C=O) groups excluding carboxylic acids is 3. The number of hydrogen-bond donors (Lipinski definition) is 2. The lowest BCUT2D eigenvalue weighted by atomic mass is 9.95. The first-order valence-corrected chi connectivity index (χ1v) is 12.3. The van der Waals surface area contributed by atoms with E-state index in [4.69, 9.17) is 18.7 Å². The number of hydrogen-bond acceptors (Lipinski definition) is 9. The van der Waals surface area contributed by atoms with Crippen molar-refractivity contribution in [3.05, 3.63) is 78.6 Å². The zero-order valence-corrected chi connectivity index (χ0v) is 21.2. The van der Waals surface area contributed by atoms with Crippen molar-refractivity contribution in [1.29, 1.82) is 0 Å². The minimum atomic E-state index is -1.97. The smallest absolute Gasteiger partial charge is 0.328 e. The van der Waals surface area contributed by atoms with Gasteiger partial charge in [0.25, 0.3) is 23.3 Å². The van der Waals surface area contributed by atoms with E-state index in [1.165, 1.54) is 24.3 Å². The van der Waals surface area contributed by atoms with E-state index in [1.54, 1.807) is 55.5 Å². The summed E-state index contributed by atoms with van der Waals surface area (Å²) in [5.74, 6) is -0.412. The maximum absolute atomic E-state index is 13.5. The predicted octanol–water partition coefficient (Wildman–Crippen LogP) is 4.25. The number of aromatic nitrogens is 2. The minimum absolute atomic E-state index is 0.0679. The number of imide groups is 2. The number of amides is 4. The van der Waals surface area contributed by atoms with Gasteiger partial charge in [-0.2, -0.15) is 4.98 Å². The van der Waals surface area contributed by atoms with E-state index in [0.29, 0.717) is 29.2 Å². The molecule has 1 fully saturated rings. The fourth-order valence-corrected chi connectivity index (χ4v) is 3.94. The highest BCUT2D eigenvalue weighted by Crippen LogP contribution is 2.30. The first-order chi connectivity index (χ1) is 19.4. The second kappa shape index (κ2) is 11.3. The molecule has 5 rings (SSSR count). The molecule has 0 unspecified atom stereocenters. The van der Waals surface area contributed by atoms with Crippen LogP contribution in [-0.2, 0) is 14.3 Å². The predicted molar refractivity (Wildman–Crippen MR) is 138 cm³/mol. The minimum Gasteiger partial charge on any atom is -0.467 e. The topological polar surface area (TPSA) is 142 Å². The number of halogens is 1. The molecule has 0 spiro atoms. The molecule has 4 aromatic rings. The van der Waals surface area contributed by atoms with Crippen molar-refractivity contribution in [2.24, 2.45) is 0 Å². The average molecular weight is 547 g/mol. The fourth-order valence-electron chi connectivity index (χ4n) is 3.94. The van der Waals surface area contributed by atoms with Crippen LogP contribution in [0.5, 0.6) is 17.2 Å². The van der Waals surface area contributed by atoms with Crippen molar-refractivity contribution >= 4 is 17.8 Å². The normalized spacial score (nSPS) is 14.4. The number of nitrogens with one attached hydrogen (secondary N) is 2. The second-order valence-corrected chi connectivity index (χ2v) is 8.64. The van der Waals surface area contributed by atoms with Gasteiger partial charge in [0.2, 0.25) is 5.82 Å². The molecule has 2 N–H and O–H groups in total. The van der Waals surface area contributed by atoms with Crippen LogP contribution in [0.1, 0.15) is 13.3 Å². The van der Waals surface area contributed by atoms with Crippen molar-refractivity contribution in [3.8, 4) is 40.1 Å². The van der Waals surface area contributed by atoms with Gasteiger partial charge in [0.05, 0.1) is 6.61 Å². The molecule has 0 saturated carbocycles. The first kappa shape index (κ1) is 26.5. The zero-order chi connectivity index (χ0) is 28.1. The molecule has 11 nitrogen and oxygen atoms in total. The molecule has 3 aromatic carbocycles. The summed E-state index contributed by atoms with van der Waals surface area (Å²) < 4.78 is 35.8. The standard InChI is InChI=1S/C28H23FN4O7/c1-2-37-15-14-28(25(34)31-27(36)32-26(28)35)39-22-12-10-21(11-13-22)38-20-8-6-17(7-9-20)24-30-23(33-40-24)18-4-3-5-19(29)16-18/h3-13,16H,2,14-15H2,1H3,(H2,31,32,34,35,36). The van der Waals surface area contributed by atoms with Gasteiger partial charge in [-0.1, -0.05) is 17.3 Å². The average Bonchev–Trinajstić information content (AvgIpc) is 3.44. The number of urea groups is 1. The monoisotopic (exact) mass is 546 g/mol. The summed E-state index contributed by atoms with van der Waals surface area (Å²) in [7, 11) is 0. The van der Waals surface area contributed by atoms with Crippen molar-refractivity contribution in [2.75, 3.05) is 13.2 Å². The molecule has 1 aromatic heterocycles. The molecule has 1 saturated heterocycles. The van der Waals surface area contributed by atoms with E-state index < -0.39 is 29.3 Å². The van der Waals surface area contributed by atoms with Crippen LogP contribution in [0, 0.1) is 5.82 Å². The third-order valence-corrected chi connectivity index (χ3v) is 5.95. The zero-order valence-electron chi connectivity index (χ0n) is 21.2. The van der Waals surface area contributed by atoms with Gasteiger partial charge in [-0.3, -0.25) is 20.2 Å². The molecule has 40 heavy (non-hydrogen) atoms. The Morgan fingerprint density at radius 1 is 0.875 bits per heavy atom. The number of barbiturate groups is 1. The van der Waals surface area contributed by atoms with Crippen LogP contribution < -0.4 is 20.1 Å². The lowest BCUT2D eigenvalue weighted by Crippen LogP contribution is -2.69. The number of ether oxygens (including phenoxy) is 3. The molecule has 0 aliphatic carbocycles. The van der Waals surface area contributed by atoms with Crippen LogP contribution in [0.25, 0.3) is 22.8 Å². The number of carbonyl (C=O) groups is 3. The highest BCUT2D eigenvalue weighted by atomic mass is 19.1. The summed E-state index contributed by atoms with van der Waals surface area (Å²) in [5, 5.41) is 8.06. The molecule has 2 heterocycles. The maximum atomic E-state index is 13.5. The molecule has 0 atom stereocenters. The largest absolute Gasteiger partial charge is 0.467 e. The summed E-state index contributed by atoms with van der Waals surface area (Å²) in [6, 6.07) is 18.2. The third-order valence-electron chi connectivity index (χ3n) is 5.95. The Labute approximate surface area is 227 Å². The molecule has 12 heteroatoms. The number of nitrogens with zero attached hydrogens (tertiary/aromatic N) is 2. The molecule has 1 aliphatic rings. The van der Waals surface area contributed by atoms with Gasteiger partial charge in [-0.15, -0.1) is 0 Å². The van der Waals surface area contributed by atoms with Crippen LogP contribution >= 0.6 is 0 Å². The highest BCUT2D eigenvalue weighted by molar-refractivity contribution is 6.21. The lowest BCUT2D eigenvalue weighted by Gasteiger charge is -2.34. The summed E-state index contributed by atoms with van der Waals surface area (Å²) in [6.07, 6.45) is -0.0971. The molecule has 0 radical (unpaired) electrons. The van der Waals surface area contributed by atoms with Crippen LogP contribution in [0.3, 0.4) is 0 Å². The van der Waals surface area contributed by atoms with Gasteiger partial charge in [-0.05, 0) is 67.6 Å². The number of benzene rings is 3. The number of rotatable bonds is 10. The lowest BCUT2D eigenvalue weighted by molar-refractivity contribution is -0.153. The van der Waals surface area contributed by atoms with Gasteiger partial charge >= 0.3 is 6.03 Å². The Morgan fingerprint density at radius 3 is 2.17 bits per heavy atom. The van der Waals surface area contributed by atoms with Crippen molar-refractivity contribution < 1.29 is 37.5 Å². The van der Waals surface area contributed by atoms with Crippen molar-refractivity contribution in [1.82, 2.24) is 20.8 Å².